The minimum absolute atomic E-state index is 0.166. The maximum Gasteiger partial charge on any atom is 0.331 e. The molecule has 0 atom stereocenters. The standard InChI is InChI=1S/C12H21N3O4/c16-10-3-7-15(8-4-10)13-12(19)14-5-1-9(2-6-14)11(17)18/h9-10,16H,1-8H2,(H,13,19)(H,17,18). The molecule has 0 radical (unpaired) electrons. The summed E-state index contributed by atoms with van der Waals surface area (Å²) < 4.78 is 0. The van der Waals surface area contributed by atoms with Gasteiger partial charge in [0.25, 0.3) is 0 Å². The highest BCUT2D eigenvalue weighted by Crippen LogP contribution is 2.17. The van der Waals surface area contributed by atoms with Crippen LogP contribution < -0.4 is 5.43 Å². The highest BCUT2D eigenvalue weighted by molar-refractivity contribution is 5.75. The van der Waals surface area contributed by atoms with Gasteiger partial charge < -0.3 is 15.1 Å². The third kappa shape index (κ3) is 3.81. The number of amides is 2. The first kappa shape index (κ1) is 14.1. The summed E-state index contributed by atoms with van der Waals surface area (Å²) in [6.07, 6.45) is 2.10. The molecule has 2 aliphatic heterocycles. The molecule has 108 valence electrons. The van der Waals surface area contributed by atoms with Gasteiger partial charge in [-0.1, -0.05) is 0 Å². The maximum atomic E-state index is 12.0. The number of carboxylic acids is 1. The van der Waals surface area contributed by atoms with Crippen molar-refractivity contribution in [3.8, 4) is 0 Å². The van der Waals surface area contributed by atoms with Gasteiger partial charge in [0.15, 0.2) is 0 Å². The van der Waals surface area contributed by atoms with Crippen LogP contribution in [0.4, 0.5) is 4.79 Å². The van der Waals surface area contributed by atoms with E-state index >= 15 is 0 Å². The number of piperidine rings is 2. The summed E-state index contributed by atoms with van der Waals surface area (Å²) in [6, 6.07) is -0.166. The molecule has 2 aliphatic rings. The van der Waals surface area contributed by atoms with Crippen LogP contribution in [-0.4, -0.2) is 64.4 Å². The van der Waals surface area contributed by atoms with Crippen LogP contribution in [-0.2, 0) is 4.79 Å². The van der Waals surface area contributed by atoms with Crippen molar-refractivity contribution in [3.05, 3.63) is 0 Å². The van der Waals surface area contributed by atoms with Gasteiger partial charge in [-0.25, -0.2) is 9.80 Å². The first-order valence-corrected chi connectivity index (χ1v) is 6.77. The lowest BCUT2D eigenvalue weighted by Gasteiger charge is -2.34. The van der Waals surface area contributed by atoms with E-state index in [1.807, 2.05) is 5.01 Å². The van der Waals surface area contributed by atoms with E-state index in [0.29, 0.717) is 51.9 Å². The summed E-state index contributed by atoms with van der Waals surface area (Å²) in [5.41, 5.74) is 2.81. The number of nitrogens with zero attached hydrogens (tertiary/aromatic N) is 2. The van der Waals surface area contributed by atoms with Crippen LogP contribution >= 0.6 is 0 Å². The average molecular weight is 271 g/mol. The average Bonchev–Trinajstić information content (AvgIpc) is 2.41. The number of carbonyl (C=O) groups is 2. The van der Waals surface area contributed by atoms with Crippen molar-refractivity contribution in [1.82, 2.24) is 15.3 Å². The molecular formula is C12H21N3O4. The highest BCUT2D eigenvalue weighted by Gasteiger charge is 2.28. The van der Waals surface area contributed by atoms with E-state index in [1.54, 1.807) is 4.90 Å². The fraction of sp³-hybridized carbons (Fsp3) is 0.833. The molecular weight excluding hydrogens is 250 g/mol. The van der Waals surface area contributed by atoms with Crippen LogP contribution in [0.25, 0.3) is 0 Å². The summed E-state index contributed by atoms with van der Waals surface area (Å²) in [5.74, 6) is -1.10. The van der Waals surface area contributed by atoms with Crippen LogP contribution in [0.5, 0.6) is 0 Å². The molecule has 0 aromatic carbocycles. The number of carbonyl (C=O) groups excluding carboxylic acids is 1. The molecule has 0 saturated carbocycles. The van der Waals surface area contributed by atoms with E-state index < -0.39 is 5.97 Å². The number of carboxylic acid groups (broad SMARTS) is 1. The SMILES string of the molecule is O=C(O)C1CCN(C(=O)NN2CCC(O)CC2)CC1. The number of urea groups is 1. The predicted octanol–water partition coefficient (Wildman–Crippen LogP) is -0.136. The van der Waals surface area contributed by atoms with Crippen LogP contribution in [0.15, 0.2) is 0 Å². The van der Waals surface area contributed by atoms with E-state index in [-0.39, 0.29) is 18.1 Å². The Hall–Kier alpha value is -1.34. The molecule has 7 nitrogen and oxygen atoms in total. The molecule has 0 spiro atoms. The van der Waals surface area contributed by atoms with Gasteiger partial charge in [-0.15, -0.1) is 0 Å². The molecule has 0 bridgehead atoms. The lowest BCUT2D eigenvalue weighted by Crippen LogP contribution is -2.53. The first-order valence-electron chi connectivity index (χ1n) is 6.77. The Labute approximate surface area is 112 Å². The number of nitrogens with one attached hydrogen (secondary N) is 1. The Bertz CT molecular complexity index is 334. The molecule has 0 aliphatic carbocycles. The third-order valence-electron chi connectivity index (χ3n) is 3.85. The van der Waals surface area contributed by atoms with Crippen molar-refractivity contribution >= 4 is 12.0 Å². The largest absolute Gasteiger partial charge is 0.481 e. The van der Waals surface area contributed by atoms with Crippen LogP contribution in [0.1, 0.15) is 25.7 Å². The van der Waals surface area contributed by atoms with Crippen molar-refractivity contribution in [1.29, 1.82) is 0 Å². The minimum atomic E-state index is -0.773. The van der Waals surface area contributed by atoms with Gasteiger partial charge in [0.05, 0.1) is 12.0 Å². The quantitative estimate of drug-likeness (QED) is 0.650. The van der Waals surface area contributed by atoms with E-state index in [1.165, 1.54) is 0 Å². The first-order chi connectivity index (χ1) is 9.06. The van der Waals surface area contributed by atoms with Crippen LogP contribution in [0, 0.1) is 5.92 Å². The van der Waals surface area contributed by atoms with Gasteiger partial charge in [0.2, 0.25) is 0 Å². The Balaban J connectivity index is 1.74. The monoisotopic (exact) mass is 271 g/mol. The van der Waals surface area contributed by atoms with Crippen LogP contribution in [0.2, 0.25) is 0 Å². The van der Waals surface area contributed by atoms with Gasteiger partial charge in [0, 0.05) is 26.2 Å². The summed E-state index contributed by atoms with van der Waals surface area (Å²) in [6.45, 7) is 2.27. The second-order valence-corrected chi connectivity index (χ2v) is 5.23. The second kappa shape index (κ2) is 6.21. The molecule has 2 saturated heterocycles. The third-order valence-corrected chi connectivity index (χ3v) is 3.85. The fourth-order valence-corrected chi connectivity index (χ4v) is 2.51. The number of likely N-dealkylation sites (tertiary alicyclic amines) is 1. The Morgan fingerprint density at radius 1 is 1.00 bits per heavy atom. The van der Waals surface area contributed by atoms with Crippen molar-refractivity contribution in [3.63, 3.8) is 0 Å². The van der Waals surface area contributed by atoms with Gasteiger partial charge in [-0.3, -0.25) is 10.2 Å². The molecule has 19 heavy (non-hydrogen) atoms. The van der Waals surface area contributed by atoms with Crippen molar-refractivity contribution in [2.75, 3.05) is 26.2 Å². The van der Waals surface area contributed by atoms with E-state index in [9.17, 15) is 14.7 Å². The molecule has 3 N–H and O–H groups in total. The van der Waals surface area contributed by atoms with E-state index in [0.717, 1.165) is 0 Å². The van der Waals surface area contributed by atoms with Gasteiger partial charge in [0.1, 0.15) is 0 Å². The second-order valence-electron chi connectivity index (χ2n) is 5.23. The molecule has 2 fully saturated rings. The molecule has 2 heterocycles. The molecule has 7 heteroatoms. The number of aliphatic hydroxyl groups is 1. The minimum Gasteiger partial charge on any atom is -0.481 e. The number of aliphatic hydroxyl groups excluding tert-OH is 1. The lowest BCUT2D eigenvalue weighted by molar-refractivity contribution is -0.143. The summed E-state index contributed by atoms with van der Waals surface area (Å²) in [4.78, 5) is 24.5. The van der Waals surface area contributed by atoms with E-state index in [2.05, 4.69) is 5.43 Å². The highest BCUT2D eigenvalue weighted by atomic mass is 16.4. The van der Waals surface area contributed by atoms with Gasteiger partial charge in [-0.2, -0.15) is 0 Å². The Morgan fingerprint density at radius 2 is 1.58 bits per heavy atom. The van der Waals surface area contributed by atoms with E-state index in [4.69, 9.17) is 5.11 Å². The summed E-state index contributed by atoms with van der Waals surface area (Å²) in [7, 11) is 0. The zero-order valence-electron chi connectivity index (χ0n) is 10.9. The Morgan fingerprint density at radius 3 is 2.11 bits per heavy atom. The Kier molecular flexibility index (Phi) is 4.60. The van der Waals surface area contributed by atoms with Crippen molar-refractivity contribution in [2.24, 2.45) is 5.92 Å². The summed E-state index contributed by atoms with van der Waals surface area (Å²) >= 11 is 0. The van der Waals surface area contributed by atoms with Gasteiger partial charge >= 0.3 is 12.0 Å². The fourth-order valence-electron chi connectivity index (χ4n) is 2.51. The van der Waals surface area contributed by atoms with Crippen LogP contribution in [0.3, 0.4) is 0 Å². The number of hydrogen-bond acceptors (Lipinski definition) is 4. The maximum absolute atomic E-state index is 12.0. The normalized spacial score (nSPS) is 23.3. The molecule has 2 rings (SSSR count). The number of rotatable bonds is 2. The molecule has 0 aromatic rings. The summed E-state index contributed by atoms with van der Waals surface area (Å²) in [5, 5.41) is 20.1. The molecule has 2 amide bonds. The number of aliphatic carboxylic acids is 1. The predicted molar refractivity (Wildman–Crippen MR) is 67.3 cm³/mol. The topological polar surface area (TPSA) is 93.1 Å². The number of hydrogen-bond donors (Lipinski definition) is 3. The van der Waals surface area contributed by atoms with Crippen molar-refractivity contribution in [2.45, 2.75) is 31.8 Å². The zero-order valence-corrected chi connectivity index (χ0v) is 10.9. The zero-order chi connectivity index (χ0) is 13.8. The smallest absolute Gasteiger partial charge is 0.331 e. The lowest BCUT2D eigenvalue weighted by atomic mass is 9.97. The molecule has 0 aromatic heterocycles. The van der Waals surface area contributed by atoms with Crippen molar-refractivity contribution < 1.29 is 19.8 Å². The number of hydrazine groups is 1. The molecule has 0 unspecified atom stereocenters. The van der Waals surface area contributed by atoms with Gasteiger partial charge in [-0.05, 0) is 25.7 Å².